The second-order valence-electron chi connectivity index (χ2n) is 13.7. The maximum Gasteiger partial charge on any atom is 0.304 e. The van der Waals surface area contributed by atoms with Crippen LogP contribution in [-0.2, 0) is 47.3 Å². The van der Waals surface area contributed by atoms with Gasteiger partial charge in [-0.25, -0.2) is 0 Å². The third-order valence-corrected chi connectivity index (χ3v) is 12.5. The summed E-state index contributed by atoms with van der Waals surface area (Å²) in [6.07, 6.45) is -1.61. The second-order valence-corrected chi connectivity index (χ2v) is 17.7. The lowest BCUT2D eigenvalue weighted by atomic mass is 9.82. The van der Waals surface area contributed by atoms with Gasteiger partial charge in [-0.05, 0) is 42.4 Å². The van der Waals surface area contributed by atoms with Crippen molar-refractivity contribution < 1.29 is 38.6 Å². The van der Waals surface area contributed by atoms with Crippen molar-refractivity contribution in [2.45, 2.75) is 76.3 Å². The van der Waals surface area contributed by atoms with E-state index in [9.17, 15) is 29.1 Å². The van der Waals surface area contributed by atoms with E-state index in [2.05, 4.69) is 0 Å². The fourth-order valence-electron chi connectivity index (χ4n) is 7.84. The van der Waals surface area contributed by atoms with Crippen molar-refractivity contribution in [2.24, 2.45) is 5.92 Å². The molecule has 0 radical (unpaired) electrons. The van der Waals surface area contributed by atoms with Gasteiger partial charge in [-0.1, -0.05) is 67.6 Å². The summed E-state index contributed by atoms with van der Waals surface area (Å²) in [7, 11) is -3.09. The highest BCUT2D eigenvalue weighted by Crippen LogP contribution is 2.60. The van der Waals surface area contributed by atoms with Crippen LogP contribution in [0.15, 0.2) is 78.9 Å². The van der Waals surface area contributed by atoms with E-state index in [0.29, 0.717) is 23.5 Å². The molecule has 3 aliphatic heterocycles. The molecule has 0 bridgehead atoms. The summed E-state index contributed by atoms with van der Waals surface area (Å²) in [6, 6.07) is 24.3. The summed E-state index contributed by atoms with van der Waals surface area (Å²) < 4.78 is 12.3. The largest absolute Gasteiger partial charge is 0.441 e. The Morgan fingerprint density at radius 2 is 1.67 bits per heavy atom. The number of anilines is 2. The van der Waals surface area contributed by atoms with Crippen LogP contribution in [0.3, 0.4) is 0 Å². The van der Waals surface area contributed by atoms with Gasteiger partial charge in [0, 0.05) is 42.7 Å². The number of ether oxygens (including phenoxy) is 2. The highest BCUT2D eigenvalue weighted by Gasteiger charge is 2.66. The van der Waals surface area contributed by atoms with Crippen LogP contribution in [0.2, 0.25) is 18.6 Å². The molecule has 0 aromatic heterocycles. The zero-order valence-electron chi connectivity index (χ0n) is 28.2. The van der Waals surface area contributed by atoms with Gasteiger partial charge in [0.15, 0.2) is 20.1 Å². The smallest absolute Gasteiger partial charge is 0.304 e. The lowest BCUT2D eigenvalue weighted by Gasteiger charge is -2.39. The molecule has 3 heterocycles. The fraction of sp³-hybridized carbons (Fsp3) is 0.405. The number of carbonyl (C=O) groups excluding carboxylic acids is 4. The van der Waals surface area contributed by atoms with Crippen LogP contribution in [0.1, 0.15) is 43.4 Å². The number of β-lactam (4-membered cyclic amide) rings is 1. The van der Waals surface area contributed by atoms with Crippen LogP contribution in [0.4, 0.5) is 11.4 Å². The van der Waals surface area contributed by atoms with Gasteiger partial charge >= 0.3 is 5.97 Å². The third-order valence-electron chi connectivity index (χ3n) is 9.95. The predicted molar refractivity (Wildman–Crippen MR) is 184 cm³/mol. The summed E-state index contributed by atoms with van der Waals surface area (Å²) in [4.78, 5) is 69.8. The Hall–Kier alpha value is -4.36. The molecule has 3 aliphatic rings. The van der Waals surface area contributed by atoms with Crippen LogP contribution < -0.4 is 9.80 Å². The highest BCUT2D eigenvalue weighted by atomic mass is 28.4. The maximum absolute atomic E-state index is 14.9. The number of esters is 1. The molecule has 3 amide bonds. The van der Waals surface area contributed by atoms with Gasteiger partial charge in [0.25, 0.3) is 5.91 Å². The lowest BCUT2D eigenvalue weighted by Crippen LogP contribution is -2.55. The van der Waals surface area contributed by atoms with Gasteiger partial charge in [-0.2, -0.15) is 0 Å². The van der Waals surface area contributed by atoms with E-state index >= 15 is 0 Å². The molecule has 0 saturated carbocycles. The fourth-order valence-corrected chi connectivity index (χ4v) is 10.4. The molecule has 6 rings (SSSR count). The number of hydrogen-bond donors (Lipinski definition) is 2. The Balaban J connectivity index is 1.40. The molecule has 1 spiro atoms. The van der Waals surface area contributed by atoms with Gasteiger partial charge in [0.2, 0.25) is 11.8 Å². The molecule has 49 heavy (non-hydrogen) atoms. The van der Waals surface area contributed by atoms with Crippen molar-refractivity contribution in [2.75, 3.05) is 23.0 Å². The van der Waals surface area contributed by atoms with Gasteiger partial charge in [-0.3, -0.25) is 24.1 Å². The van der Waals surface area contributed by atoms with E-state index in [0.717, 1.165) is 11.1 Å². The summed E-state index contributed by atoms with van der Waals surface area (Å²) >= 11 is 0. The second kappa shape index (κ2) is 13.5. The molecule has 2 saturated heterocycles. The summed E-state index contributed by atoms with van der Waals surface area (Å²) in [5, 5.41) is 9.83. The topological polar surface area (TPSA) is 137 Å². The predicted octanol–water partition coefficient (Wildman–Crippen LogP) is 4.07. The molecule has 12 heteroatoms. The number of aliphatic hydroxyl groups is 1. The summed E-state index contributed by atoms with van der Waals surface area (Å²) in [6.45, 7) is 7.23. The summed E-state index contributed by atoms with van der Waals surface area (Å²) in [5.41, 5.74) is 1.34. The van der Waals surface area contributed by atoms with Crippen molar-refractivity contribution in [1.82, 2.24) is 4.90 Å². The van der Waals surface area contributed by atoms with E-state index in [-0.39, 0.29) is 50.3 Å². The van der Waals surface area contributed by atoms with Gasteiger partial charge in [-0.15, -0.1) is 0 Å². The number of carbonyl (C=O) groups is 4. The first-order valence-electron chi connectivity index (χ1n) is 16.7. The van der Waals surface area contributed by atoms with E-state index in [4.69, 9.17) is 9.47 Å². The number of amides is 3. The standard InChI is InChI=1S/C37H43N3O8Si/c1-24-35(49(3,4)46)31(20-32(43)38(17-18-41)22-26-11-7-5-8-12-26)48-37(24)29-19-28(40-33(44)21-34(40)47-25(2)42)15-16-30(29)39(36(37)45)23-27-13-9-6-10-14-27/h5-16,19,24,31,34-35,41,46H,17-18,20-23H2,1-4H3/t24-,31+,34?,35-,37+/m0/s1. The van der Waals surface area contributed by atoms with Crippen LogP contribution >= 0.6 is 0 Å². The van der Waals surface area contributed by atoms with Crippen molar-refractivity contribution in [3.05, 3.63) is 95.6 Å². The Kier molecular flexibility index (Phi) is 9.51. The molecule has 1 unspecified atom stereocenters. The molecule has 2 N–H and O–H groups in total. The number of nitrogens with zero attached hydrogens (tertiary/aromatic N) is 3. The Bertz CT molecular complexity index is 1730. The molecule has 5 atom stereocenters. The van der Waals surface area contributed by atoms with Crippen LogP contribution in [0.25, 0.3) is 0 Å². The minimum atomic E-state index is -3.09. The number of benzene rings is 3. The van der Waals surface area contributed by atoms with Gasteiger partial charge in [0.1, 0.15) is 0 Å². The quantitative estimate of drug-likeness (QED) is 0.175. The molecule has 0 aliphatic carbocycles. The summed E-state index contributed by atoms with van der Waals surface area (Å²) in [5.74, 6) is -1.84. The number of fused-ring (bicyclic) bond motifs is 2. The molecule has 258 valence electrons. The number of aliphatic hydroxyl groups excluding tert-OH is 1. The van der Waals surface area contributed by atoms with Crippen molar-refractivity contribution in [1.29, 1.82) is 0 Å². The average molecular weight is 686 g/mol. The Labute approximate surface area is 287 Å². The van der Waals surface area contributed by atoms with E-state index in [1.165, 1.54) is 11.8 Å². The van der Waals surface area contributed by atoms with Crippen molar-refractivity contribution in [3.8, 4) is 0 Å². The van der Waals surface area contributed by atoms with E-state index in [1.54, 1.807) is 41.1 Å². The zero-order valence-corrected chi connectivity index (χ0v) is 29.2. The first-order valence-corrected chi connectivity index (χ1v) is 19.7. The molecule has 2 fully saturated rings. The SMILES string of the molecule is CC(=O)OC1CC(=O)N1c1ccc2c(c1)[C@@]1(O[C@H](CC(=O)N(CCO)Cc3ccccc3)[C@@H]([Si](C)(C)O)[C@@H]1C)C(=O)N2Cc1ccccc1. The van der Waals surface area contributed by atoms with Crippen LogP contribution in [0.5, 0.6) is 0 Å². The molecular weight excluding hydrogens is 643 g/mol. The Morgan fingerprint density at radius 1 is 1.02 bits per heavy atom. The first-order chi connectivity index (χ1) is 23.3. The zero-order chi connectivity index (χ0) is 35.1. The number of hydrogen-bond acceptors (Lipinski definition) is 8. The average Bonchev–Trinajstić information content (AvgIpc) is 3.47. The van der Waals surface area contributed by atoms with Crippen LogP contribution in [0, 0.1) is 5.92 Å². The highest BCUT2D eigenvalue weighted by molar-refractivity contribution is 6.71. The first kappa shape index (κ1) is 34.5. The molecule has 11 nitrogen and oxygen atoms in total. The van der Waals surface area contributed by atoms with E-state index < -0.39 is 43.7 Å². The minimum absolute atomic E-state index is 0.0532. The van der Waals surface area contributed by atoms with E-state index in [1.807, 2.05) is 67.6 Å². The van der Waals surface area contributed by atoms with Gasteiger partial charge < -0.3 is 29.2 Å². The lowest BCUT2D eigenvalue weighted by molar-refractivity contribution is -0.154. The Morgan fingerprint density at radius 3 is 2.27 bits per heavy atom. The maximum atomic E-state index is 14.9. The minimum Gasteiger partial charge on any atom is -0.441 e. The molecular formula is C37H43N3O8Si. The van der Waals surface area contributed by atoms with Gasteiger partial charge in [0.05, 0.1) is 37.8 Å². The normalized spacial score (nSPS) is 24.6. The molecule has 3 aromatic rings. The molecule has 3 aromatic carbocycles. The van der Waals surface area contributed by atoms with Crippen LogP contribution in [-0.4, -0.2) is 72.3 Å². The number of rotatable bonds is 11. The van der Waals surface area contributed by atoms with Crippen molar-refractivity contribution >= 4 is 43.4 Å². The van der Waals surface area contributed by atoms with Crippen molar-refractivity contribution in [3.63, 3.8) is 0 Å². The third kappa shape index (κ3) is 6.41. The monoisotopic (exact) mass is 685 g/mol.